The summed E-state index contributed by atoms with van der Waals surface area (Å²) in [6.07, 6.45) is 5.06. The molecule has 3 heterocycles. The number of alkyl halides is 3. The van der Waals surface area contributed by atoms with Crippen LogP contribution in [0.15, 0.2) is 72.5 Å². The van der Waals surface area contributed by atoms with Crippen LogP contribution in [0.1, 0.15) is 50.7 Å². The summed E-state index contributed by atoms with van der Waals surface area (Å²) in [6.45, 7) is 4.38. The van der Waals surface area contributed by atoms with Gasteiger partial charge >= 0.3 is 12.1 Å². The largest absolute Gasteiger partial charge is 0.508 e. The first-order chi connectivity index (χ1) is 20.9. The Labute approximate surface area is 253 Å². The van der Waals surface area contributed by atoms with E-state index in [4.69, 9.17) is 4.74 Å². The van der Waals surface area contributed by atoms with Gasteiger partial charge in [-0.2, -0.15) is 13.2 Å². The van der Waals surface area contributed by atoms with E-state index in [0.717, 1.165) is 31.4 Å². The highest BCUT2D eigenvalue weighted by Crippen LogP contribution is 2.35. The highest BCUT2D eigenvalue weighted by Gasteiger charge is 2.32. The number of aromatic nitrogens is 3. The number of hydrogen-bond donors (Lipinski definition) is 3. The van der Waals surface area contributed by atoms with Crippen LogP contribution in [0.2, 0.25) is 0 Å². The first-order valence-electron chi connectivity index (χ1n) is 14.4. The normalized spacial score (nSPS) is 17.5. The van der Waals surface area contributed by atoms with Gasteiger partial charge in [-0.05, 0) is 69.4 Å². The van der Waals surface area contributed by atoms with Crippen LogP contribution in [0.3, 0.4) is 0 Å². The maximum atomic E-state index is 13.9. The van der Waals surface area contributed by atoms with Crippen LogP contribution in [0, 0.1) is 5.41 Å². The van der Waals surface area contributed by atoms with E-state index in [9.17, 15) is 28.2 Å². The molecule has 1 aliphatic carbocycles. The van der Waals surface area contributed by atoms with Crippen molar-refractivity contribution >= 4 is 23.4 Å². The van der Waals surface area contributed by atoms with Gasteiger partial charge in [-0.1, -0.05) is 24.3 Å². The molecule has 12 heteroatoms. The summed E-state index contributed by atoms with van der Waals surface area (Å²) in [5, 5.41) is 22.6. The average molecular weight is 610 g/mol. The fraction of sp³-hybridized carbons (Fsp3) is 0.375. The van der Waals surface area contributed by atoms with Crippen molar-refractivity contribution in [1.29, 1.82) is 0 Å². The molecule has 3 aromatic rings. The van der Waals surface area contributed by atoms with Gasteiger partial charge in [0, 0.05) is 18.5 Å². The predicted molar refractivity (Wildman–Crippen MR) is 159 cm³/mol. The number of carbonyl (C=O) groups is 1. The molecule has 5 rings (SSSR count). The number of aliphatic carboxylic acids is 1. The van der Waals surface area contributed by atoms with E-state index in [0.29, 0.717) is 42.2 Å². The minimum Gasteiger partial charge on any atom is -0.508 e. The quantitative estimate of drug-likeness (QED) is 0.234. The fourth-order valence-corrected chi connectivity index (χ4v) is 5.19. The summed E-state index contributed by atoms with van der Waals surface area (Å²) >= 11 is 0. The van der Waals surface area contributed by atoms with Crippen molar-refractivity contribution < 1.29 is 32.9 Å². The molecule has 44 heavy (non-hydrogen) atoms. The molecule has 1 aromatic carbocycles. The van der Waals surface area contributed by atoms with Gasteiger partial charge in [0.25, 0.3) is 0 Å². The molecule has 1 fully saturated rings. The van der Waals surface area contributed by atoms with Crippen LogP contribution >= 0.6 is 0 Å². The van der Waals surface area contributed by atoms with Crippen LogP contribution in [-0.2, 0) is 22.1 Å². The number of carboxylic acids is 1. The zero-order chi connectivity index (χ0) is 31.5. The van der Waals surface area contributed by atoms with E-state index in [1.807, 2.05) is 11.0 Å². The molecule has 1 aliphatic heterocycles. The summed E-state index contributed by atoms with van der Waals surface area (Å²) in [5.41, 5.74) is -0.784. The van der Waals surface area contributed by atoms with E-state index < -0.39 is 23.1 Å². The Morgan fingerprint density at radius 3 is 2.70 bits per heavy atom. The second-order valence-corrected chi connectivity index (χ2v) is 11.7. The molecule has 2 aromatic heterocycles. The molecule has 232 valence electrons. The summed E-state index contributed by atoms with van der Waals surface area (Å²) in [4.78, 5) is 26.9. The van der Waals surface area contributed by atoms with E-state index >= 15 is 0 Å². The van der Waals surface area contributed by atoms with Gasteiger partial charge in [-0.25, -0.2) is 9.97 Å². The Morgan fingerprint density at radius 2 is 1.95 bits per heavy atom. The molecule has 9 nitrogen and oxygen atoms in total. The van der Waals surface area contributed by atoms with E-state index in [1.54, 1.807) is 50.4 Å². The van der Waals surface area contributed by atoms with Crippen LogP contribution in [0.25, 0.3) is 11.3 Å². The molecule has 1 unspecified atom stereocenters. The van der Waals surface area contributed by atoms with Gasteiger partial charge in [-0.3, -0.25) is 9.78 Å². The molecular formula is C32H34F3N5O4. The standard InChI is InChI=1S/C32H34F3N5O4/c1-31(2,30(42)43)16-20-7-5-8-21(13-20)24-14-22(32(33,34)35)15-27(37-24)38-28-17-36-18-29(39-28)40-12-6-9-23(19-40)44-26-11-4-3-10-25(26)41/h4-5,7-8,11,13-15,17-18,23,41H,3,6,9-10,12,16,19H2,1-2H3,(H,42,43)(H,37,38,39). The van der Waals surface area contributed by atoms with Gasteiger partial charge in [0.1, 0.15) is 23.5 Å². The number of halogens is 3. The van der Waals surface area contributed by atoms with Crippen LogP contribution < -0.4 is 10.2 Å². The maximum Gasteiger partial charge on any atom is 0.416 e. The van der Waals surface area contributed by atoms with Gasteiger partial charge in [0.15, 0.2) is 11.6 Å². The lowest BCUT2D eigenvalue weighted by atomic mass is 9.85. The van der Waals surface area contributed by atoms with Crippen molar-refractivity contribution in [3.63, 3.8) is 0 Å². The Balaban J connectivity index is 1.37. The number of ether oxygens (including phenoxy) is 1. The number of aliphatic hydroxyl groups is 1. The van der Waals surface area contributed by atoms with E-state index in [-0.39, 0.29) is 35.6 Å². The number of allylic oxidation sites excluding steroid dienone is 3. The van der Waals surface area contributed by atoms with Gasteiger partial charge in [-0.15, -0.1) is 0 Å². The third-order valence-corrected chi connectivity index (χ3v) is 7.58. The lowest BCUT2D eigenvalue weighted by Crippen LogP contribution is -2.40. The Morgan fingerprint density at radius 1 is 1.14 bits per heavy atom. The lowest BCUT2D eigenvalue weighted by molar-refractivity contribution is -0.146. The van der Waals surface area contributed by atoms with Crippen LogP contribution in [0.4, 0.5) is 30.6 Å². The van der Waals surface area contributed by atoms with Gasteiger partial charge in [0.05, 0.1) is 35.6 Å². The van der Waals surface area contributed by atoms with E-state index in [1.165, 1.54) is 6.20 Å². The Kier molecular flexibility index (Phi) is 8.80. The van der Waals surface area contributed by atoms with E-state index in [2.05, 4.69) is 20.3 Å². The van der Waals surface area contributed by atoms with Crippen molar-refractivity contribution in [3.05, 3.63) is 83.6 Å². The predicted octanol–water partition coefficient (Wildman–Crippen LogP) is 7.06. The molecule has 3 N–H and O–H groups in total. The minimum absolute atomic E-state index is 0.0658. The number of nitrogens with zero attached hydrogens (tertiary/aromatic N) is 4. The monoisotopic (exact) mass is 609 g/mol. The fourth-order valence-electron chi connectivity index (χ4n) is 5.19. The minimum atomic E-state index is -4.63. The zero-order valence-electron chi connectivity index (χ0n) is 24.4. The molecule has 0 saturated carbocycles. The smallest absolute Gasteiger partial charge is 0.416 e. The van der Waals surface area contributed by atoms with Crippen LogP contribution in [0.5, 0.6) is 0 Å². The SMILES string of the molecule is CC(C)(Cc1cccc(-c2cc(C(F)(F)F)cc(Nc3cncc(N4CCCC(OC5=C(O)CCC=C5)C4)n3)n2)c1)C(=O)O. The third-order valence-electron chi connectivity index (χ3n) is 7.58. The maximum absolute atomic E-state index is 13.9. The molecule has 0 amide bonds. The number of rotatable bonds is 9. The summed E-state index contributed by atoms with van der Waals surface area (Å²) in [6, 6.07) is 8.59. The molecule has 0 spiro atoms. The highest BCUT2D eigenvalue weighted by atomic mass is 19.4. The number of benzene rings is 1. The first kappa shape index (κ1) is 30.8. The molecule has 2 aliphatic rings. The number of pyridine rings is 1. The molecular weight excluding hydrogens is 575 g/mol. The van der Waals surface area contributed by atoms with Crippen molar-refractivity contribution in [1.82, 2.24) is 15.0 Å². The van der Waals surface area contributed by atoms with Crippen molar-refractivity contribution in [2.45, 2.75) is 58.2 Å². The molecule has 0 bridgehead atoms. The summed E-state index contributed by atoms with van der Waals surface area (Å²) < 4.78 is 47.9. The van der Waals surface area contributed by atoms with Crippen LogP contribution in [-0.4, -0.2) is 50.3 Å². The van der Waals surface area contributed by atoms with Crippen molar-refractivity contribution in [3.8, 4) is 11.3 Å². The summed E-state index contributed by atoms with van der Waals surface area (Å²) in [5.74, 6) is 0.425. The number of hydrogen-bond acceptors (Lipinski definition) is 8. The van der Waals surface area contributed by atoms with Crippen molar-refractivity contribution in [2.75, 3.05) is 23.3 Å². The number of aliphatic hydroxyl groups excluding tert-OH is 1. The highest BCUT2D eigenvalue weighted by molar-refractivity contribution is 5.74. The second kappa shape index (κ2) is 12.6. The molecule has 1 atom stereocenters. The van der Waals surface area contributed by atoms with Gasteiger partial charge in [0.2, 0.25) is 0 Å². The van der Waals surface area contributed by atoms with Gasteiger partial charge < -0.3 is 25.2 Å². The molecule has 0 radical (unpaired) electrons. The Bertz CT molecular complexity index is 1590. The number of nitrogens with one attached hydrogen (secondary N) is 1. The third kappa shape index (κ3) is 7.47. The van der Waals surface area contributed by atoms with Crippen molar-refractivity contribution in [2.24, 2.45) is 5.41 Å². The zero-order valence-corrected chi connectivity index (χ0v) is 24.4. The topological polar surface area (TPSA) is 121 Å². The summed E-state index contributed by atoms with van der Waals surface area (Å²) in [7, 11) is 0. The number of carboxylic acid groups (broad SMARTS) is 1. The first-order valence-corrected chi connectivity index (χ1v) is 14.4. The second-order valence-electron chi connectivity index (χ2n) is 11.7. The number of anilines is 3. The lowest BCUT2D eigenvalue weighted by Gasteiger charge is -2.34. The molecule has 1 saturated heterocycles. The average Bonchev–Trinajstić information content (AvgIpc) is 2.98. The number of piperidine rings is 1. The Hall–Kier alpha value is -4.61.